The molecule has 4 rings (SSSR count). The molecule has 0 saturated heterocycles. The number of alkyl halides is 3. The predicted molar refractivity (Wildman–Crippen MR) is 124 cm³/mol. The van der Waals surface area contributed by atoms with Crippen molar-refractivity contribution in [3.05, 3.63) is 68.2 Å². The number of hydrogen-bond donors (Lipinski definition) is 1. The zero-order valence-electron chi connectivity index (χ0n) is 17.7. The summed E-state index contributed by atoms with van der Waals surface area (Å²) >= 11 is 2.29. The van der Waals surface area contributed by atoms with Crippen LogP contribution in [0.15, 0.2) is 56.4 Å². The van der Waals surface area contributed by atoms with E-state index in [0.717, 1.165) is 28.5 Å². The molecule has 1 N–H and O–H groups in total. The maximum Gasteiger partial charge on any atom is 0.416 e. The van der Waals surface area contributed by atoms with E-state index >= 15 is 0 Å². The molecule has 3 aromatic heterocycles. The first-order valence-corrected chi connectivity index (χ1v) is 11.5. The molecule has 0 unspecified atom stereocenters. The first kappa shape index (κ1) is 23.7. The van der Waals surface area contributed by atoms with Gasteiger partial charge in [-0.3, -0.25) is 18.7 Å². The summed E-state index contributed by atoms with van der Waals surface area (Å²) in [5, 5.41) is 4.50. The standard InChI is InChI=1S/C21H16F3N5O3S2/c1-28-17-15(19(31)29(2)20(28)32)18(27-16(26-17)13-7-4-8-33-13)34-10-14(30)25-12-6-3-5-11(9-12)21(22,23)24/h3-9H,10H2,1-2H3,(H,25,30). The number of halogens is 3. The molecule has 0 fully saturated rings. The highest BCUT2D eigenvalue weighted by Gasteiger charge is 2.30. The summed E-state index contributed by atoms with van der Waals surface area (Å²) in [6.45, 7) is 0. The summed E-state index contributed by atoms with van der Waals surface area (Å²) in [6, 6.07) is 7.86. The Bertz CT molecular complexity index is 1510. The van der Waals surface area contributed by atoms with Crippen molar-refractivity contribution >= 4 is 45.7 Å². The number of benzene rings is 1. The van der Waals surface area contributed by atoms with Crippen LogP contribution in [0, 0.1) is 0 Å². The van der Waals surface area contributed by atoms with Gasteiger partial charge in [0.2, 0.25) is 5.91 Å². The van der Waals surface area contributed by atoms with Gasteiger partial charge in [-0.25, -0.2) is 14.8 Å². The molecule has 0 spiro atoms. The average molecular weight is 508 g/mol. The summed E-state index contributed by atoms with van der Waals surface area (Å²) in [6.07, 6.45) is -4.54. The molecule has 0 saturated carbocycles. The van der Waals surface area contributed by atoms with Crippen molar-refractivity contribution in [2.24, 2.45) is 14.1 Å². The molecule has 0 atom stereocenters. The summed E-state index contributed by atoms with van der Waals surface area (Å²) in [5.74, 6) is -0.542. The SMILES string of the molecule is Cn1c(=O)c2c(SCC(=O)Nc3cccc(C(F)(F)F)c3)nc(-c3cccs3)nc2n(C)c1=O. The summed E-state index contributed by atoms with van der Waals surface area (Å²) in [7, 11) is 2.80. The monoisotopic (exact) mass is 507 g/mol. The first-order valence-electron chi connectivity index (χ1n) is 9.68. The number of thiophene rings is 1. The van der Waals surface area contributed by atoms with Gasteiger partial charge in [-0.2, -0.15) is 13.2 Å². The Morgan fingerprint density at radius 3 is 2.56 bits per heavy atom. The smallest absolute Gasteiger partial charge is 0.325 e. The molecule has 0 aliphatic carbocycles. The number of aromatic nitrogens is 4. The van der Waals surface area contributed by atoms with Gasteiger partial charge in [-0.15, -0.1) is 11.3 Å². The molecule has 0 aliphatic heterocycles. The van der Waals surface area contributed by atoms with Gasteiger partial charge in [0.25, 0.3) is 5.56 Å². The summed E-state index contributed by atoms with van der Waals surface area (Å²) in [5.41, 5.74) is -1.95. The van der Waals surface area contributed by atoms with Crippen molar-refractivity contribution in [3.63, 3.8) is 0 Å². The van der Waals surface area contributed by atoms with Crippen LogP contribution in [0.2, 0.25) is 0 Å². The molecule has 8 nitrogen and oxygen atoms in total. The van der Waals surface area contributed by atoms with E-state index in [4.69, 9.17) is 0 Å². The number of amides is 1. The van der Waals surface area contributed by atoms with E-state index in [1.54, 1.807) is 12.1 Å². The van der Waals surface area contributed by atoms with E-state index in [1.807, 2.05) is 5.38 Å². The van der Waals surface area contributed by atoms with Crippen LogP contribution in [-0.4, -0.2) is 30.8 Å². The van der Waals surface area contributed by atoms with Crippen LogP contribution in [0.5, 0.6) is 0 Å². The van der Waals surface area contributed by atoms with Crippen LogP contribution >= 0.6 is 23.1 Å². The van der Waals surface area contributed by atoms with E-state index in [0.29, 0.717) is 4.88 Å². The Hall–Kier alpha value is -3.45. The zero-order valence-corrected chi connectivity index (χ0v) is 19.3. The third-order valence-electron chi connectivity index (χ3n) is 4.82. The van der Waals surface area contributed by atoms with Gasteiger partial charge >= 0.3 is 11.9 Å². The molecule has 0 aliphatic rings. The van der Waals surface area contributed by atoms with Crippen LogP contribution in [0.3, 0.4) is 0 Å². The molecular formula is C21H16F3N5O3S2. The van der Waals surface area contributed by atoms with Crippen LogP contribution < -0.4 is 16.6 Å². The third-order valence-corrected chi connectivity index (χ3v) is 6.66. The van der Waals surface area contributed by atoms with Gasteiger partial charge in [-0.05, 0) is 29.6 Å². The predicted octanol–water partition coefficient (Wildman–Crippen LogP) is 3.51. The lowest BCUT2D eigenvalue weighted by molar-refractivity contribution is -0.137. The van der Waals surface area contributed by atoms with Gasteiger partial charge in [0, 0.05) is 19.8 Å². The Morgan fingerprint density at radius 2 is 1.88 bits per heavy atom. The molecular weight excluding hydrogens is 491 g/mol. The second-order valence-electron chi connectivity index (χ2n) is 7.15. The van der Waals surface area contributed by atoms with Crippen LogP contribution in [0.25, 0.3) is 21.7 Å². The van der Waals surface area contributed by atoms with Crippen molar-refractivity contribution < 1.29 is 18.0 Å². The highest BCUT2D eigenvalue weighted by atomic mass is 32.2. The third kappa shape index (κ3) is 4.61. The first-order chi connectivity index (χ1) is 16.1. The number of nitrogens with zero attached hydrogens (tertiary/aromatic N) is 4. The Labute approximate surface area is 198 Å². The van der Waals surface area contributed by atoms with Gasteiger partial charge < -0.3 is 5.32 Å². The fraction of sp³-hybridized carbons (Fsp3) is 0.190. The van der Waals surface area contributed by atoms with E-state index in [9.17, 15) is 27.6 Å². The highest BCUT2D eigenvalue weighted by Crippen LogP contribution is 2.31. The minimum atomic E-state index is -4.54. The molecule has 34 heavy (non-hydrogen) atoms. The van der Waals surface area contributed by atoms with Gasteiger partial charge in [0.1, 0.15) is 10.4 Å². The van der Waals surface area contributed by atoms with Gasteiger partial charge in [0.05, 0.1) is 16.2 Å². The van der Waals surface area contributed by atoms with Crippen molar-refractivity contribution in [2.45, 2.75) is 11.2 Å². The van der Waals surface area contributed by atoms with Crippen molar-refractivity contribution in [1.82, 2.24) is 19.1 Å². The second kappa shape index (κ2) is 9.06. The fourth-order valence-electron chi connectivity index (χ4n) is 3.15. The average Bonchev–Trinajstić information content (AvgIpc) is 3.34. The molecule has 0 bridgehead atoms. The number of anilines is 1. The normalized spacial score (nSPS) is 11.7. The molecule has 1 aromatic carbocycles. The Morgan fingerprint density at radius 1 is 1.12 bits per heavy atom. The van der Waals surface area contributed by atoms with Gasteiger partial charge in [-0.1, -0.05) is 23.9 Å². The number of hydrogen-bond acceptors (Lipinski definition) is 7. The van der Waals surface area contributed by atoms with Crippen molar-refractivity contribution in [2.75, 3.05) is 11.1 Å². The van der Waals surface area contributed by atoms with Crippen LogP contribution in [0.1, 0.15) is 5.56 Å². The maximum absolute atomic E-state index is 12.9. The number of nitrogens with one attached hydrogen (secondary N) is 1. The Balaban J connectivity index is 1.68. The molecule has 3 heterocycles. The van der Waals surface area contributed by atoms with E-state index in [2.05, 4.69) is 15.3 Å². The quantitative estimate of drug-likeness (QED) is 0.328. The summed E-state index contributed by atoms with van der Waals surface area (Å²) < 4.78 is 40.9. The lowest BCUT2D eigenvalue weighted by Gasteiger charge is -2.12. The van der Waals surface area contributed by atoms with Gasteiger partial charge in [0.15, 0.2) is 11.5 Å². The minimum Gasteiger partial charge on any atom is -0.325 e. The number of fused-ring (bicyclic) bond motifs is 1. The maximum atomic E-state index is 12.9. The molecule has 13 heteroatoms. The lowest BCUT2D eigenvalue weighted by Crippen LogP contribution is -2.37. The fourth-order valence-corrected chi connectivity index (χ4v) is 4.63. The molecule has 1 amide bonds. The van der Waals surface area contributed by atoms with E-state index < -0.39 is 28.9 Å². The largest absolute Gasteiger partial charge is 0.416 e. The van der Waals surface area contributed by atoms with Crippen molar-refractivity contribution in [3.8, 4) is 10.7 Å². The number of aryl methyl sites for hydroxylation is 1. The topological polar surface area (TPSA) is 98.9 Å². The number of rotatable bonds is 5. The Kier molecular flexibility index (Phi) is 6.32. The lowest BCUT2D eigenvalue weighted by atomic mass is 10.2. The highest BCUT2D eigenvalue weighted by molar-refractivity contribution is 8.00. The number of thioether (sulfide) groups is 1. The minimum absolute atomic E-state index is 0.00874. The van der Waals surface area contributed by atoms with E-state index in [-0.39, 0.29) is 33.3 Å². The summed E-state index contributed by atoms with van der Waals surface area (Å²) in [4.78, 5) is 47.3. The van der Waals surface area contributed by atoms with E-state index in [1.165, 1.54) is 42.1 Å². The molecule has 176 valence electrons. The second-order valence-corrected chi connectivity index (χ2v) is 9.06. The van der Waals surface area contributed by atoms with Crippen molar-refractivity contribution in [1.29, 1.82) is 0 Å². The van der Waals surface area contributed by atoms with Crippen LogP contribution in [0.4, 0.5) is 18.9 Å². The zero-order chi connectivity index (χ0) is 24.6. The van der Waals surface area contributed by atoms with Crippen LogP contribution in [-0.2, 0) is 25.1 Å². The molecule has 4 aromatic rings. The molecule has 0 radical (unpaired) electrons. The number of carbonyl (C=O) groups excluding carboxylic acids is 1. The number of carbonyl (C=O) groups is 1.